The van der Waals surface area contributed by atoms with E-state index in [2.05, 4.69) is 47.6 Å². The van der Waals surface area contributed by atoms with Crippen LogP contribution in [0.1, 0.15) is 29.5 Å². The van der Waals surface area contributed by atoms with Gasteiger partial charge in [-0.05, 0) is 42.5 Å². The van der Waals surface area contributed by atoms with E-state index in [1.165, 1.54) is 29.5 Å². The first-order valence-corrected chi connectivity index (χ1v) is 8.16. The van der Waals surface area contributed by atoms with Crippen LogP contribution in [0.2, 0.25) is 0 Å². The van der Waals surface area contributed by atoms with Gasteiger partial charge in [0.25, 0.3) is 0 Å². The molecule has 0 atom stereocenters. The topological polar surface area (TPSA) is 24.9 Å². The molecule has 0 bridgehead atoms. The molecule has 1 aromatic heterocycles. The van der Waals surface area contributed by atoms with E-state index in [4.69, 9.17) is 0 Å². The molecule has 2 aromatic rings. The van der Waals surface area contributed by atoms with Gasteiger partial charge >= 0.3 is 0 Å². The van der Waals surface area contributed by atoms with Crippen molar-refractivity contribution in [2.45, 2.75) is 43.1 Å². The molecule has 104 valence electrons. The number of nitrogens with zero attached hydrogens (tertiary/aromatic N) is 1. The molecule has 3 rings (SSSR count). The predicted octanol–water partition coefficient (Wildman–Crippen LogP) is 3.93. The van der Waals surface area contributed by atoms with Crippen LogP contribution in [0, 0.1) is 6.92 Å². The highest BCUT2D eigenvalue weighted by Crippen LogP contribution is 2.26. The first-order chi connectivity index (χ1) is 9.83. The molecule has 0 spiro atoms. The Kier molecular flexibility index (Phi) is 4.38. The number of pyridine rings is 1. The number of benzene rings is 1. The van der Waals surface area contributed by atoms with Gasteiger partial charge < -0.3 is 5.32 Å². The van der Waals surface area contributed by atoms with E-state index in [0.717, 1.165) is 23.4 Å². The average Bonchev–Trinajstić information content (AvgIpc) is 3.29. The smallest absolute Gasteiger partial charge is 0.101 e. The Labute approximate surface area is 125 Å². The molecule has 1 N–H and O–H groups in total. The van der Waals surface area contributed by atoms with Gasteiger partial charge in [0.15, 0.2) is 0 Å². The van der Waals surface area contributed by atoms with Crippen molar-refractivity contribution in [3.8, 4) is 0 Å². The largest absolute Gasteiger partial charge is 0.310 e. The molecule has 1 aliphatic carbocycles. The fourth-order valence-corrected chi connectivity index (χ4v) is 3.23. The maximum atomic E-state index is 4.54. The van der Waals surface area contributed by atoms with Crippen LogP contribution in [0.5, 0.6) is 0 Å². The van der Waals surface area contributed by atoms with Gasteiger partial charge in [-0.3, -0.25) is 0 Å². The van der Waals surface area contributed by atoms with Crippen LogP contribution < -0.4 is 5.32 Å². The van der Waals surface area contributed by atoms with Crippen molar-refractivity contribution in [1.29, 1.82) is 0 Å². The fourth-order valence-electron chi connectivity index (χ4n) is 2.15. The molecule has 0 radical (unpaired) electrons. The summed E-state index contributed by atoms with van der Waals surface area (Å²) in [6, 6.07) is 13.5. The lowest BCUT2D eigenvalue weighted by atomic mass is 10.1. The van der Waals surface area contributed by atoms with Crippen LogP contribution in [-0.4, -0.2) is 11.0 Å². The molecule has 1 fully saturated rings. The Morgan fingerprint density at radius 2 is 1.95 bits per heavy atom. The number of aryl methyl sites for hydroxylation is 1. The Morgan fingerprint density at radius 1 is 1.15 bits per heavy atom. The van der Waals surface area contributed by atoms with Crippen LogP contribution in [-0.2, 0) is 12.3 Å². The Bertz CT molecular complexity index is 579. The molecule has 1 saturated carbocycles. The molecular formula is C17H20N2S. The summed E-state index contributed by atoms with van der Waals surface area (Å²) in [5.41, 5.74) is 4.07. The Hall–Kier alpha value is -1.32. The normalized spacial score (nSPS) is 14.4. The third-order valence-electron chi connectivity index (χ3n) is 3.63. The standard InChI is InChI=1S/C17H20N2S/c1-13-5-2-3-6-15(13)12-20-17-14(7-4-10-18-17)11-19-16-8-9-16/h2-7,10,16,19H,8-9,11-12H2,1H3. The highest BCUT2D eigenvalue weighted by Gasteiger charge is 2.20. The molecule has 0 aliphatic heterocycles. The number of rotatable bonds is 6. The van der Waals surface area contributed by atoms with Gasteiger partial charge in [0, 0.05) is 24.5 Å². The van der Waals surface area contributed by atoms with Gasteiger partial charge in [0.2, 0.25) is 0 Å². The number of nitrogens with one attached hydrogen (secondary N) is 1. The van der Waals surface area contributed by atoms with Crippen LogP contribution in [0.4, 0.5) is 0 Å². The number of hydrogen-bond donors (Lipinski definition) is 1. The third kappa shape index (κ3) is 3.62. The summed E-state index contributed by atoms with van der Waals surface area (Å²) in [6.07, 6.45) is 4.54. The second kappa shape index (κ2) is 6.42. The lowest BCUT2D eigenvalue weighted by Crippen LogP contribution is -2.16. The van der Waals surface area contributed by atoms with E-state index in [0.29, 0.717) is 0 Å². The Morgan fingerprint density at radius 3 is 2.75 bits per heavy atom. The monoisotopic (exact) mass is 284 g/mol. The van der Waals surface area contributed by atoms with Crippen molar-refractivity contribution in [2.75, 3.05) is 0 Å². The molecule has 0 saturated heterocycles. The van der Waals surface area contributed by atoms with Crippen molar-refractivity contribution in [3.63, 3.8) is 0 Å². The van der Waals surface area contributed by atoms with E-state index in [9.17, 15) is 0 Å². The molecule has 3 heteroatoms. The summed E-state index contributed by atoms with van der Waals surface area (Å²) < 4.78 is 0. The zero-order valence-electron chi connectivity index (χ0n) is 11.8. The second-order valence-electron chi connectivity index (χ2n) is 5.34. The number of hydrogen-bond acceptors (Lipinski definition) is 3. The first-order valence-electron chi connectivity index (χ1n) is 7.17. The van der Waals surface area contributed by atoms with Crippen LogP contribution in [0.15, 0.2) is 47.6 Å². The van der Waals surface area contributed by atoms with E-state index in [1.807, 2.05) is 24.0 Å². The van der Waals surface area contributed by atoms with Gasteiger partial charge in [-0.2, -0.15) is 0 Å². The van der Waals surface area contributed by atoms with Crippen molar-refractivity contribution >= 4 is 11.8 Å². The van der Waals surface area contributed by atoms with Crippen molar-refractivity contribution in [3.05, 3.63) is 59.3 Å². The summed E-state index contributed by atoms with van der Waals surface area (Å²) in [4.78, 5) is 4.54. The van der Waals surface area contributed by atoms with Crippen molar-refractivity contribution in [1.82, 2.24) is 10.3 Å². The molecule has 0 amide bonds. The molecule has 1 heterocycles. The fraction of sp³-hybridized carbons (Fsp3) is 0.353. The molecule has 0 unspecified atom stereocenters. The second-order valence-corrected chi connectivity index (χ2v) is 6.30. The molecule has 1 aromatic carbocycles. The summed E-state index contributed by atoms with van der Waals surface area (Å²) in [5, 5.41) is 4.73. The highest BCUT2D eigenvalue weighted by atomic mass is 32.2. The maximum Gasteiger partial charge on any atom is 0.101 e. The lowest BCUT2D eigenvalue weighted by molar-refractivity contribution is 0.675. The van der Waals surface area contributed by atoms with Crippen LogP contribution >= 0.6 is 11.8 Å². The SMILES string of the molecule is Cc1ccccc1CSc1ncccc1CNC1CC1. The zero-order chi connectivity index (χ0) is 13.8. The van der Waals surface area contributed by atoms with Gasteiger partial charge in [-0.15, -0.1) is 11.8 Å². The quantitative estimate of drug-likeness (QED) is 0.813. The van der Waals surface area contributed by atoms with E-state index < -0.39 is 0 Å². The van der Waals surface area contributed by atoms with Crippen LogP contribution in [0.3, 0.4) is 0 Å². The molecule has 20 heavy (non-hydrogen) atoms. The summed E-state index contributed by atoms with van der Waals surface area (Å²) >= 11 is 1.84. The minimum absolute atomic E-state index is 0.740. The maximum absolute atomic E-state index is 4.54. The van der Waals surface area contributed by atoms with Crippen molar-refractivity contribution in [2.24, 2.45) is 0 Å². The third-order valence-corrected chi connectivity index (χ3v) is 4.73. The average molecular weight is 284 g/mol. The Balaban J connectivity index is 1.65. The van der Waals surface area contributed by atoms with E-state index in [1.54, 1.807) is 0 Å². The zero-order valence-corrected chi connectivity index (χ0v) is 12.6. The molecular weight excluding hydrogens is 264 g/mol. The first kappa shape index (κ1) is 13.7. The van der Waals surface area contributed by atoms with Gasteiger partial charge in [-0.1, -0.05) is 30.3 Å². The summed E-state index contributed by atoms with van der Waals surface area (Å²) in [5.74, 6) is 0.986. The van der Waals surface area contributed by atoms with E-state index >= 15 is 0 Å². The minimum atomic E-state index is 0.740. The molecule has 2 nitrogen and oxygen atoms in total. The summed E-state index contributed by atoms with van der Waals surface area (Å²) in [6.45, 7) is 3.11. The van der Waals surface area contributed by atoms with E-state index in [-0.39, 0.29) is 0 Å². The number of aromatic nitrogens is 1. The highest BCUT2D eigenvalue weighted by molar-refractivity contribution is 7.98. The van der Waals surface area contributed by atoms with Gasteiger partial charge in [0.1, 0.15) is 5.03 Å². The van der Waals surface area contributed by atoms with Gasteiger partial charge in [0.05, 0.1) is 0 Å². The summed E-state index contributed by atoms with van der Waals surface area (Å²) in [7, 11) is 0. The predicted molar refractivity (Wildman–Crippen MR) is 84.8 cm³/mol. The lowest BCUT2D eigenvalue weighted by Gasteiger charge is -2.10. The van der Waals surface area contributed by atoms with Gasteiger partial charge in [-0.25, -0.2) is 4.98 Å². The minimum Gasteiger partial charge on any atom is -0.310 e. The van der Waals surface area contributed by atoms with Crippen molar-refractivity contribution < 1.29 is 0 Å². The van der Waals surface area contributed by atoms with Crippen LogP contribution in [0.25, 0.3) is 0 Å². The number of thioether (sulfide) groups is 1. The molecule has 1 aliphatic rings.